The Bertz CT molecular complexity index is 1050. The van der Waals surface area contributed by atoms with Gasteiger partial charge in [-0.1, -0.05) is 45.4 Å². The number of likely N-dealkylation sites (tertiary alicyclic amines) is 1. The van der Waals surface area contributed by atoms with E-state index in [0.717, 1.165) is 18.5 Å². The minimum Gasteiger partial charge on any atom is -0.342 e. The van der Waals surface area contributed by atoms with Crippen molar-refractivity contribution in [2.45, 2.75) is 51.7 Å². The van der Waals surface area contributed by atoms with Gasteiger partial charge in [0.2, 0.25) is 11.7 Å². The fourth-order valence-electron chi connectivity index (χ4n) is 4.00. The molecule has 1 aliphatic rings. The molecule has 1 aromatic heterocycles. The highest BCUT2D eigenvalue weighted by atomic mass is 32.2. The van der Waals surface area contributed by atoms with Gasteiger partial charge in [0.25, 0.3) is 0 Å². The van der Waals surface area contributed by atoms with Crippen LogP contribution in [0.1, 0.15) is 57.1 Å². The Balaban J connectivity index is 1.67. The average molecular weight is 446 g/mol. The number of para-hydroxylation sites is 1. The van der Waals surface area contributed by atoms with Crippen LogP contribution in [0.25, 0.3) is 5.69 Å². The third-order valence-corrected chi connectivity index (χ3v) is 8.01. The fraction of sp³-hybridized carbons (Fsp3) is 0.545. The van der Waals surface area contributed by atoms with Crippen molar-refractivity contribution in [3.63, 3.8) is 0 Å². The molecule has 2 amide bonds. The van der Waals surface area contributed by atoms with E-state index in [1.165, 1.54) is 17.3 Å². The Hall–Kier alpha value is -2.55. The number of nitrogens with zero attached hydrogens (tertiary/aromatic N) is 5. The van der Waals surface area contributed by atoms with Gasteiger partial charge in [-0.25, -0.2) is 13.9 Å². The van der Waals surface area contributed by atoms with Crippen LogP contribution >= 0.6 is 0 Å². The lowest BCUT2D eigenvalue weighted by Crippen LogP contribution is -2.47. The smallest absolute Gasteiger partial charge is 0.324 e. The predicted octanol–water partition coefficient (Wildman–Crippen LogP) is 3.32. The SMILES string of the molecule is CCCC(C)(C)C(=O)N1CCC(S(C)(=O)=NC(=O)c2ncn(-c3ccccc3)n2)CC1. The van der Waals surface area contributed by atoms with Crippen molar-refractivity contribution >= 4 is 21.5 Å². The molecule has 0 radical (unpaired) electrons. The number of amides is 2. The van der Waals surface area contributed by atoms with Gasteiger partial charge in [-0.2, -0.15) is 4.36 Å². The Kier molecular flexibility index (Phi) is 6.93. The second-order valence-electron chi connectivity index (χ2n) is 8.73. The molecule has 1 saturated heterocycles. The van der Waals surface area contributed by atoms with E-state index in [2.05, 4.69) is 21.4 Å². The van der Waals surface area contributed by atoms with Gasteiger partial charge >= 0.3 is 5.91 Å². The zero-order valence-electron chi connectivity index (χ0n) is 18.7. The molecular weight excluding hydrogens is 414 g/mol. The van der Waals surface area contributed by atoms with Crippen molar-refractivity contribution in [3.8, 4) is 5.69 Å². The summed E-state index contributed by atoms with van der Waals surface area (Å²) in [5.41, 5.74) is 0.382. The highest BCUT2D eigenvalue weighted by Crippen LogP contribution is 2.28. The van der Waals surface area contributed by atoms with Gasteiger partial charge in [0.15, 0.2) is 0 Å². The van der Waals surface area contributed by atoms with Crippen LogP contribution in [-0.4, -0.2) is 60.3 Å². The molecule has 2 aromatic rings. The molecular formula is C22H31N5O3S. The molecule has 3 rings (SSSR count). The molecule has 1 aromatic carbocycles. The van der Waals surface area contributed by atoms with Gasteiger partial charge < -0.3 is 4.90 Å². The van der Waals surface area contributed by atoms with Gasteiger partial charge in [-0.3, -0.25) is 9.59 Å². The van der Waals surface area contributed by atoms with E-state index < -0.39 is 21.1 Å². The van der Waals surface area contributed by atoms with Crippen molar-refractivity contribution < 1.29 is 13.8 Å². The maximum atomic E-state index is 13.2. The Morgan fingerprint density at radius 3 is 2.45 bits per heavy atom. The van der Waals surface area contributed by atoms with Gasteiger partial charge in [0.05, 0.1) is 15.4 Å². The summed E-state index contributed by atoms with van der Waals surface area (Å²) in [6, 6.07) is 9.31. The zero-order chi connectivity index (χ0) is 22.6. The summed E-state index contributed by atoms with van der Waals surface area (Å²) in [6.07, 6.45) is 5.87. The molecule has 8 nitrogen and oxygen atoms in total. The Labute approximate surface area is 184 Å². The molecule has 31 heavy (non-hydrogen) atoms. The maximum Gasteiger partial charge on any atom is 0.324 e. The molecule has 0 N–H and O–H groups in total. The van der Waals surface area contributed by atoms with E-state index in [-0.39, 0.29) is 17.0 Å². The van der Waals surface area contributed by atoms with Gasteiger partial charge in [0.1, 0.15) is 6.33 Å². The number of aromatic nitrogens is 3. The molecule has 0 bridgehead atoms. The van der Waals surface area contributed by atoms with Crippen LogP contribution in [0.3, 0.4) is 0 Å². The minimum atomic E-state index is -2.78. The first-order chi connectivity index (χ1) is 14.6. The van der Waals surface area contributed by atoms with Crippen molar-refractivity contribution in [2.75, 3.05) is 19.3 Å². The summed E-state index contributed by atoms with van der Waals surface area (Å²) < 4.78 is 18.7. The topological polar surface area (TPSA) is 97.5 Å². The van der Waals surface area contributed by atoms with Crippen LogP contribution in [0.4, 0.5) is 0 Å². The first kappa shape index (κ1) is 23.1. The first-order valence-electron chi connectivity index (χ1n) is 10.7. The number of carbonyl (C=O) groups excluding carboxylic acids is 2. The zero-order valence-corrected chi connectivity index (χ0v) is 19.5. The largest absolute Gasteiger partial charge is 0.342 e. The van der Waals surface area contributed by atoms with Gasteiger partial charge in [0, 0.05) is 30.0 Å². The molecule has 168 valence electrons. The summed E-state index contributed by atoms with van der Waals surface area (Å²) in [5.74, 6) is -0.615. The van der Waals surface area contributed by atoms with E-state index in [4.69, 9.17) is 0 Å². The molecule has 0 aliphatic carbocycles. The van der Waals surface area contributed by atoms with E-state index in [9.17, 15) is 13.8 Å². The summed E-state index contributed by atoms with van der Waals surface area (Å²) in [5, 5.41) is 3.93. The number of hydrogen-bond acceptors (Lipinski definition) is 5. The summed E-state index contributed by atoms with van der Waals surface area (Å²) in [6.45, 7) is 7.09. The maximum absolute atomic E-state index is 13.2. The quantitative estimate of drug-likeness (QED) is 0.679. The standard InChI is InChI=1S/C22H31N5O3S/c1-5-13-22(2,3)21(29)26-14-11-18(12-15-26)31(4,30)25-20(28)19-23-16-27(24-19)17-9-7-6-8-10-17/h6-10,16,18H,5,11-15H2,1-4H3. The molecule has 1 fully saturated rings. The van der Waals surface area contributed by atoms with Crippen LogP contribution in [0.15, 0.2) is 41.0 Å². The average Bonchev–Trinajstić information content (AvgIpc) is 3.24. The third kappa shape index (κ3) is 5.39. The van der Waals surface area contributed by atoms with Crippen LogP contribution in [0.2, 0.25) is 0 Å². The van der Waals surface area contributed by atoms with Crippen molar-refractivity contribution in [3.05, 3.63) is 42.5 Å². The lowest BCUT2D eigenvalue weighted by atomic mass is 9.86. The van der Waals surface area contributed by atoms with Gasteiger partial charge in [-0.05, 0) is 31.4 Å². The highest BCUT2D eigenvalue weighted by molar-refractivity contribution is 7.93. The van der Waals surface area contributed by atoms with E-state index in [1.807, 2.05) is 49.1 Å². The number of rotatable bonds is 6. The highest BCUT2D eigenvalue weighted by Gasteiger charge is 2.35. The van der Waals surface area contributed by atoms with Crippen molar-refractivity contribution in [2.24, 2.45) is 9.78 Å². The molecule has 2 heterocycles. The second-order valence-corrected chi connectivity index (χ2v) is 11.3. The Morgan fingerprint density at radius 2 is 1.84 bits per heavy atom. The number of hydrogen-bond donors (Lipinski definition) is 0. The summed E-state index contributed by atoms with van der Waals surface area (Å²) in [4.78, 5) is 31.3. The van der Waals surface area contributed by atoms with E-state index in [1.54, 1.807) is 0 Å². The molecule has 1 aliphatic heterocycles. The van der Waals surface area contributed by atoms with E-state index in [0.29, 0.717) is 25.9 Å². The molecule has 0 saturated carbocycles. The lowest BCUT2D eigenvalue weighted by Gasteiger charge is -2.37. The summed E-state index contributed by atoms with van der Waals surface area (Å²) >= 11 is 0. The van der Waals surface area contributed by atoms with Crippen LogP contribution in [0.5, 0.6) is 0 Å². The first-order valence-corrected chi connectivity index (χ1v) is 12.6. The number of benzene rings is 1. The molecule has 1 unspecified atom stereocenters. The number of carbonyl (C=O) groups is 2. The monoisotopic (exact) mass is 445 g/mol. The molecule has 9 heteroatoms. The molecule has 0 spiro atoms. The number of piperidine rings is 1. The second kappa shape index (κ2) is 9.30. The predicted molar refractivity (Wildman–Crippen MR) is 120 cm³/mol. The Morgan fingerprint density at radius 1 is 1.19 bits per heavy atom. The van der Waals surface area contributed by atoms with Crippen LogP contribution in [0, 0.1) is 5.41 Å². The third-order valence-electron chi connectivity index (χ3n) is 5.77. The normalized spacial score (nSPS) is 17.2. The van der Waals surface area contributed by atoms with Crippen LogP contribution in [-0.2, 0) is 14.5 Å². The van der Waals surface area contributed by atoms with Crippen LogP contribution < -0.4 is 0 Å². The molecule has 1 atom stereocenters. The lowest BCUT2D eigenvalue weighted by molar-refractivity contribution is -0.141. The van der Waals surface area contributed by atoms with Crippen molar-refractivity contribution in [1.82, 2.24) is 19.7 Å². The fourth-order valence-corrected chi connectivity index (χ4v) is 5.65. The van der Waals surface area contributed by atoms with Gasteiger partial charge in [-0.15, -0.1) is 5.10 Å². The summed E-state index contributed by atoms with van der Waals surface area (Å²) in [7, 11) is -2.78. The van der Waals surface area contributed by atoms with Crippen molar-refractivity contribution in [1.29, 1.82) is 0 Å². The van der Waals surface area contributed by atoms with E-state index >= 15 is 0 Å². The minimum absolute atomic E-state index is 0.0765.